The Labute approximate surface area is 185 Å². The van der Waals surface area contributed by atoms with Gasteiger partial charge in [-0.1, -0.05) is 11.6 Å². The van der Waals surface area contributed by atoms with E-state index in [0.717, 1.165) is 47.6 Å². The number of piperidine rings is 1. The fourth-order valence-electron chi connectivity index (χ4n) is 4.67. The van der Waals surface area contributed by atoms with Gasteiger partial charge < -0.3 is 14.4 Å². The van der Waals surface area contributed by atoms with Gasteiger partial charge in [0.25, 0.3) is 0 Å². The highest BCUT2D eigenvalue weighted by Gasteiger charge is 2.32. The van der Waals surface area contributed by atoms with Gasteiger partial charge in [-0.3, -0.25) is 9.78 Å². The molecule has 9 heteroatoms. The lowest BCUT2D eigenvalue weighted by molar-refractivity contribution is -0.137. The van der Waals surface area contributed by atoms with Crippen LogP contribution in [0.15, 0.2) is 24.4 Å². The summed E-state index contributed by atoms with van der Waals surface area (Å²) in [6, 6.07) is 7.80. The molecule has 2 aromatic heterocycles. The number of carbonyl (C=O) groups excluding carboxylic acids is 1. The van der Waals surface area contributed by atoms with Crippen molar-refractivity contribution in [3.8, 4) is 6.07 Å². The SMILES string of the molecule is Cc1nnc2n1CCN(C(=O)C1CCN(c3c(C#N)cnc4ccc(Cl)cc34)CC1)C2. The number of amides is 1. The molecule has 0 saturated carbocycles. The van der Waals surface area contributed by atoms with Crippen LogP contribution in [0.2, 0.25) is 5.02 Å². The second-order valence-corrected chi connectivity index (χ2v) is 8.57. The summed E-state index contributed by atoms with van der Waals surface area (Å²) in [7, 11) is 0. The van der Waals surface area contributed by atoms with E-state index < -0.39 is 0 Å². The Kier molecular flexibility index (Phi) is 4.98. The molecule has 4 heterocycles. The van der Waals surface area contributed by atoms with Crippen LogP contribution < -0.4 is 4.90 Å². The molecule has 31 heavy (non-hydrogen) atoms. The quantitative estimate of drug-likeness (QED) is 0.614. The van der Waals surface area contributed by atoms with Gasteiger partial charge in [0.1, 0.15) is 11.9 Å². The lowest BCUT2D eigenvalue weighted by Gasteiger charge is -2.37. The van der Waals surface area contributed by atoms with Gasteiger partial charge in [0, 0.05) is 48.7 Å². The molecule has 0 aliphatic carbocycles. The monoisotopic (exact) mass is 435 g/mol. The summed E-state index contributed by atoms with van der Waals surface area (Å²) >= 11 is 6.22. The van der Waals surface area contributed by atoms with Crippen LogP contribution in [-0.2, 0) is 17.9 Å². The van der Waals surface area contributed by atoms with Crippen molar-refractivity contribution in [2.45, 2.75) is 32.9 Å². The number of carbonyl (C=O) groups is 1. The molecule has 0 N–H and O–H groups in total. The molecule has 0 spiro atoms. The zero-order valence-corrected chi connectivity index (χ0v) is 18.0. The minimum atomic E-state index is -0.0194. The van der Waals surface area contributed by atoms with Crippen LogP contribution in [-0.4, -0.2) is 50.2 Å². The van der Waals surface area contributed by atoms with Crippen molar-refractivity contribution in [1.82, 2.24) is 24.6 Å². The van der Waals surface area contributed by atoms with E-state index in [1.165, 1.54) is 0 Å². The van der Waals surface area contributed by atoms with Gasteiger partial charge in [0.2, 0.25) is 5.91 Å². The predicted octanol–water partition coefficient (Wildman–Crippen LogP) is 2.92. The summed E-state index contributed by atoms with van der Waals surface area (Å²) in [5.41, 5.74) is 2.21. The number of pyridine rings is 1. The van der Waals surface area contributed by atoms with E-state index in [-0.39, 0.29) is 11.8 Å². The molecular formula is C22H22ClN7O. The van der Waals surface area contributed by atoms with E-state index in [1.54, 1.807) is 12.3 Å². The fourth-order valence-corrected chi connectivity index (χ4v) is 4.84. The first kappa shape index (κ1) is 19.8. The van der Waals surface area contributed by atoms with E-state index in [0.29, 0.717) is 36.8 Å². The molecular weight excluding hydrogens is 414 g/mol. The number of nitrogens with zero attached hydrogens (tertiary/aromatic N) is 7. The number of hydrogen-bond donors (Lipinski definition) is 0. The Morgan fingerprint density at radius 1 is 1.19 bits per heavy atom. The van der Waals surface area contributed by atoms with Gasteiger partial charge in [0.15, 0.2) is 5.82 Å². The van der Waals surface area contributed by atoms with Crippen molar-refractivity contribution in [1.29, 1.82) is 5.26 Å². The standard InChI is InChI=1S/C22H22ClN7O/c1-14-26-27-20-13-29(8-9-30(14)20)22(31)15-4-6-28(7-5-15)21-16(11-24)12-25-19-3-2-17(23)10-18(19)21/h2-3,10,12,15H,4-9,13H2,1H3. The van der Waals surface area contributed by atoms with E-state index >= 15 is 0 Å². The van der Waals surface area contributed by atoms with Gasteiger partial charge in [-0.2, -0.15) is 5.26 Å². The fraction of sp³-hybridized carbons (Fsp3) is 0.409. The van der Waals surface area contributed by atoms with Crippen LogP contribution in [0.3, 0.4) is 0 Å². The molecule has 0 atom stereocenters. The van der Waals surface area contributed by atoms with E-state index in [4.69, 9.17) is 11.6 Å². The predicted molar refractivity (Wildman–Crippen MR) is 117 cm³/mol. The van der Waals surface area contributed by atoms with Crippen molar-refractivity contribution >= 4 is 34.1 Å². The zero-order valence-electron chi connectivity index (χ0n) is 17.3. The number of halogens is 1. The Morgan fingerprint density at radius 3 is 2.77 bits per heavy atom. The topological polar surface area (TPSA) is 90.9 Å². The Morgan fingerprint density at radius 2 is 2.00 bits per heavy atom. The third-order valence-corrected chi connectivity index (χ3v) is 6.57. The van der Waals surface area contributed by atoms with Crippen molar-refractivity contribution in [3.05, 3.63) is 46.6 Å². The smallest absolute Gasteiger partial charge is 0.226 e. The molecule has 0 unspecified atom stereocenters. The van der Waals surface area contributed by atoms with Crippen molar-refractivity contribution in [3.63, 3.8) is 0 Å². The molecule has 1 saturated heterocycles. The third kappa shape index (κ3) is 3.49. The summed E-state index contributed by atoms with van der Waals surface area (Å²) in [6.45, 7) is 5.31. The largest absolute Gasteiger partial charge is 0.370 e. The number of benzene rings is 1. The van der Waals surface area contributed by atoms with Crippen molar-refractivity contribution in [2.24, 2.45) is 5.92 Å². The van der Waals surface area contributed by atoms with E-state index in [9.17, 15) is 10.1 Å². The van der Waals surface area contributed by atoms with Crippen molar-refractivity contribution < 1.29 is 4.79 Å². The van der Waals surface area contributed by atoms with E-state index in [2.05, 4.69) is 30.7 Å². The van der Waals surface area contributed by atoms with Gasteiger partial charge >= 0.3 is 0 Å². The summed E-state index contributed by atoms with van der Waals surface area (Å²) < 4.78 is 2.08. The molecule has 8 nitrogen and oxygen atoms in total. The number of anilines is 1. The first-order valence-corrected chi connectivity index (χ1v) is 10.8. The molecule has 158 valence electrons. The molecule has 5 rings (SSSR count). The molecule has 2 aliphatic heterocycles. The summed E-state index contributed by atoms with van der Waals surface area (Å²) in [4.78, 5) is 21.7. The average Bonchev–Trinajstić information content (AvgIpc) is 3.18. The van der Waals surface area contributed by atoms with Crippen LogP contribution in [0.4, 0.5) is 5.69 Å². The maximum Gasteiger partial charge on any atom is 0.226 e. The number of aromatic nitrogens is 4. The van der Waals surface area contributed by atoms with Gasteiger partial charge in [-0.05, 0) is 38.0 Å². The molecule has 1 fully saturated rings. The molecule has 0 bridgehead atoms. The minimum absolute atomic E-state index is 0.0194. The first-order valence-electron chi connectivity index (χ1n) is 10.5. The van der Waals surface area contributed by atoms with Crippen LogP contribution in [0, 0.1) is 24.2 Å². The van der Waals surface area contributed by atoms with Crippen LogP contribution in [0.1, 0.15) is 30.1 Å². The second kappa shape index (κ2) is 7.82. The number of nitriles is 1. The number of aryl methyl sites for hydroxylation is 1. The second-order valence-electron chi connectivity index (χ2n) is 8.13. The third-order valence-electron chi connectivity index (χ3n) is 6.33. The summed E-state index contributed by atoms with van der Waals surface area (Å²) in [5, 5.41) is 19.5. The first-order chi connectivity index (χ1) is 15.0. The Bertz CT molecular complexity index is 1210. The highest BCUT2D eigenvalue weighted by Crippen LogP contribution is 2.34. The Hall–Kier alpha value is -3.18. The number of hydrogen-bond acceptors (Lipinski definition) is 6. The van der Waals surface area contributed by atoms with E-state index in [1.807, 2.05) is 24.0 Å². The molecule has 1 aromatic carbocycles. The van der Waals surface area contributed by atoms with Crippen LogP contribution in [0.5, 0.6) is 0 Å². The average molecular weight is 436 g/mol. The lowest BCUT2D eigenvalue weighted by atomic mass is 9.93. The number of fused-ring (bicyclic) bond motifs is 2. The molecule has 2 aliphatic rings. The zero-order chi connectivity index (χ0) is 21.5. The Balaban J connectivity index is 1.33. The van der Waals surface area contributed by atoms with Gasteiger partial charge in [-0.15, -0.1) is 10.2 Å². The van der Waals surface area contributed by atoms with Gasteiger partial charge in [-0.25, -0.2) is 0 Å². The summed E-state index contributed by atoms with van der Waals surface area (Å²) in [6.07, 6.45) is 3.11. The highest BCUT2D eigenvalue weighted by molar-refractivity contribution is 6.31. The van der Waals surface area contributed by atoms with Crippen LogP contribution >= 0.6 is 11.6 Å². The maximum atomic E-state index is 13.2. The molecule has 0 radical (unpaired) electrons. The maximum absolute atomic E-state index is 13.2. The number of rotatable bonds is 2. The minimum Gasteiger partial charge on any atom is -0.370 e. The normalized spacial score (nSPS) is 16.9. The molecule has 1 amide bonds. The van der Waals surface area contributed by atoms with Crippen molar-refractivity contribution in [2.75, 3.05) is 24.5 Å². The van der Waals surface area contributed by atoms with Crippen LogP contribution in [0.25, 0.3) is 10.9 Å². The van der Waals surface area contributed by atoms with Gasteiger partial charge in [0.05, 0.1) is 23.3 Å². The summed E-state index contributed by atoms with van der Waals surface area (Å²) in [5.74, 6) is 1.92. The lowest BCUT2D eigenvalue weighted by Crippen LogP contribution is -2.45. The molecule has 3 aromatic rings. The highest BCUT2D eigenvalue weighted by atomic mass is 35.5.